The molecule has 1 aromatic heterocycles. The zero-order valence-electron chi connectivity index (χ0n) is 16.6. The molecule has 1 heterocycles. The fourth-order valence-corrected chi connectivity index (χ4v) is 3.21. The molecule has 27 heavy (non-hydrogen) atoms. The summed E-state index contributed by atoms with van der Waals surface area (Å²) < 4.78 is 11.2. The fraction of sp³-hybridized carbons (Fsp3) is 0.261. The molecule has 0 radical (unpaired) electrons. The van der Waals surface area contributed by atoms with E-state index in [9.17, 15) is 0 Å². The van der Waals surface area contributed by atoms with Gasteiger partial charge in [0.2, 0.25) is 0 Å². The van der Waals surface area contributed by atoms with Gasteiger partial charge >= 0.3 is 0 Å². The normalized spacial score (nSPS) is 10.6. The predicted octanol–water partition coefficient (Wildman–Crippen LogP) is 5.20. The van der Waals surface area contributed by atoms with Gasteiger partial charge < -0.3 is 14.4 Å². The number of methoxy groups -OCH3 is 1. The van der Waals surface area contributed by atoms with E-state index in [2.05, 4.69) is 29.2 Å². The number of aryl methyl sites for hydroxylation is 1. The molecule has 4 heteroatoms. The van der Waals surface area contributed by atoms with Crippen LogP contribution in [0.3, 0.4) is 0 Å². The summed E-state index contributed by atoms with van der Waals surface area (Å²) in [5.41, 5.74) is 6.21. The SMILES string of the molecule is CCOc1cccc(-c2nc(C)ccc2-c2ccc(OC)cc2)c1N(C)C. The van der Waals surface area contributed by atoms with Gasteiger partial charge in [-0.05, 0) is 43.7 Å². The van der Waals surface area contributed by atoms with Crippen molar-refractivity contribution in [3.8, 4) is 33.9 Å². The van der Waals surface area contributed by atoms with Crippen LogP contribution in [0.5, 0.6) is 11.5 Å². The molecule has 0 aliphatic carbocycles. The second-order valence-corrected chi connectivity index (χ2v) is 6.56. The van der Waals surface area contributed by atoms with Crippen LogP contribution in [-0.4, -0.2) is 32.8 Å². The molecule has 4 nitrogen and oxygen atoms in total. The molecule has 3 aromatic rings. The molecule has 2 aromatic carbocycles. The first-order valence-corrected chi connectivity index (χ1v) is 9.10. The second kappa shape index (κ2) is 8.12. The summed E-state index contributed by atoms with van der Waals surface area (Å²) in [7, 11) is 5.74. The van der Waals surface area contributed by atoms with E-state index in [0.717, 1.165) is 45.3 Å². The van der Waals surface area contributed by atoms with Crippen LogP contribution in [0, 0.1) is 6.92 Å². The summed E-state index contributed by atoms with van der Waals surface area (Å²) >= 11 is 0. The molecule has 0 unspecified atom stereocenters. The molecule has 0 fully saturated rings. The first-order chi connectivity index (χ1) is 13.0. The van der Waals surface area contributed by atoms with Crippen molar-refractivity contribution >= 4 is 5.69 Å². The van der Waals surface area contributed by atoms with Gasteiger partial charge in [0.1, 0.15) is 11.5 Å². The highest BCUT2D eigenvalue weighted by Gasteiger charge is 2.18. The van der Waals surface area contributed by atoms with E-state index in [-0.39, 0.29) is 0 Å². The van der Waals surface area contributed by atoms with Gasteiger partial charge in [0.15, 0.2) is 0 Å². The molecule has 0 spiro atoms. The van der Waals surface area contributed by atoms with Crippen molar-refractivity contribution in [1.82, 2.24) is 4.98 Å². The Hall–Kier alpha value is -3.01. The van der Waals surface area contributed by atoms with E-state index in [1.165, 1.54) is 0 Å². The van der Waals surface area contributed by atoms with E-state index >= 15 is 0 Å². The third kappa shape index (κ3) is 3.90. The topological polar surface area (TPSA) is 34.6 Å². The molecule has 0 atom stereocenters. The Balaban J connectivity index is 2.22. The zero-order chi connectivity index (χ0) is 19.4. The quantitative estimate of drug-likeness (QED) is 0.604. The van der Waals surface area contributed by atoms with E-state index in [4.69, 9.17) is 14.5 Å². The van der Waals surface area contributed by atoms with E-state index < -0.39 is 0 Å². The second-order valence-electron chi connectivity index (χ2n) is 6.56. The fourth-order valence-electron chi connectivity index (χ4n) is 3.21. The van der Waals surface area contributed by atoms with Crippen molar-refractivity contribution in [1.29, 1.82) is 0 Å². The summed E-state index contributed by atoms with van der Waals surface area (Å²) in [4.78, 5) is 6.98. The van der Waals surface area contributed by atoms with Crippen molar-refractivity contribution in [3.05, 3.63) is 60.3 Å². The molecule has 0 saturated heterocycles. The number of pyridine rings is 1. The van der Waals surface area contributed by atoms with Crippen LogP contribution in [0.25, 0.3) is 22.4 Å². The van der Waals surface area contributed by atoms with Crippen molar-refractivity contribution in [2.45, 2.75) is 13.8 Å². The minimum Gasteiger partial charge on any atom is -0.497 e. The average Bonchev–Trinajstić information content (AvgIpc) is 2.68. The van der Waals surface area contributed by atoms with E-state index in [0.29, 0.717) is 6.61 Å². The summed E-state index contributed by atoms with van der Waals surface area (Å²) in [6.07, 6.45) is 0. The van der Waals surface area contributed by atoms with Crippen molar-refractivity contribution in [2.24, 2.45) is 0 Å². The van der Waals surface area contributed by atoms with Crippen LogP contribution >= 0.6 is 0 Å². The Bertz CT molecular complexity index is 918. The molecule has 0 amide bonds. The minimum absolute atomic E-state index is 0.622. The highest BCUT2D eigenvalue weighted by molar-refractivity contribution is 5.89. The van der Waals surface area contributed by atoms with Crippen LogP contribution in [0.4, 0.5) is 5.69 Å². The number of nitrogens with zero attached hydrogens (tertiary/aromatic N) is 2. The maximum Gasteiger partial charge on any atom is 0.143 e. The highest BCUT2D eigenvalue weighted by atomic mass is 16.5. The smallest absolute Gasteiger partial charge is 0.143 e. The number of para-hydroxylation sites is 1. The third-order valence-electron chi connectivity index (χ3n) is 4.44. The monoisotopic (exact) mass is 362 g/mol. The van der Waals surface area contributed by atoms with E-state index in [1.54, 1.807) is 7.11 Å². The number of anilines is 1. The van der Waals surface area contributed by atoms with Gasteiger partial charge in [0.05, 0.1) is 25.1 Å². The Kier molecular flexibility index (Phi) is 5.65. The van der Waals surface area contributed by atoms with E-state index in [1.807, 2.05) is 58.3 Å². The van der Waals surface area contributed by atoms with Gasteiger partial charge in [-0.3, -0.25) is 4.98 Å². The Labute approximate surface area is 161 Å². The van der Waals surface area contributed by atoms with Crippen molar-refractivity contribution < 1.29 is 9.47 Å². The van der Waals surface area contributed by atoms with Gasteiger partial charge in [-0.25, -0.2) is 0 Å². The first-order valence-electron chi connectivity index (χ1n) is 9.10. The van der Waals surface area contributed by atoms with Gasteiger partial charge in [-0.2, -0.15) is 0 Å². The van der Waals surface area contributed by atoms with Gasteiger partial charge in [0, 0.05) is 30.9 Å². The lowest BCUT2D eigenvalue weighted by molar-refractivity contribution is 0.341. The van der Waals surface area contributed by atoms with Crippen LogP contribution < -0.4 is 14.4 Å². The van der Waals surface area contributed by atoms with Crippen LogP contribution in [0.15, 0.2) is 54.6 Å². The average molecular weight is 362 g/mol. The number of rotatable bonds is 6. The number of ether oxygens (including phenoxy) is 2. The van der Waals surface area contributed by atoms with Crippen LogP contribution in [-0.2, 0) is 0 Å². The number of hydrogen-bond acceptors (Lipinski definition) is 4. The molecule has 3 rings (SSSR count). The minimum atomic E-state index is 0.622. The first kappa shape index (κ1) is 18.8. The Morgan fingerprint density at radius 1 is 0.926 bits per heavy atom. The maximum atomic E-state index is 5.88. The van der Waals surface area contributed by atoms with Crippen LogP contribution in [0.2, 0.25) is 0 Å². The van der Waals surface area contributed by atoms with Gasteiger partial charge in [0.25, 0.3) is 0 Å². The van der Waals surface area contributed by atoms with Crippen molar-refractivity contribution in [3.63, 3.8) is 0 Å². The highest BCUT2D eigenvalue weighted by Crippen LogP contribution is 2.41. The molecule has 0 aliphatic heterocycles. The molecule has 0 N–H and O–H groups in total. The standard InChI is InChI=1S/C23H26N2O2/c1-6-27-21-9-7-8-20(23(21)25(3)4)22-19(15-10-16(2)24-22)17-11-13-18(26-5)14-12-17/h7-15H,6H2,1-5H3. The summed E-state index contributed by atoms with van der Waals surface area (Å²) in [5, 5.41) is 0. The largest absolute Gasteiger partial charge is 0.497 e. The number of aromatic nitrogens is 1. The van der Waals surface area contributed by atoms with Gasteiger partial charge in [-0.15, -0.1) is 0 Å². The number of benzene rings is 2. The van der Waals surface area contributed by atoms with Gasteiger partial charge in [-0.1, -0.05) is 30.3 Å². The van der Waals surface area contributed by atoms with Crippen LogP contribution in [0.1, 0.15) is 12.6 Å². The molecule has 0 saturated carbocycles. The Morgan fingerprint density at radius 2 is 1.67 bits per heavy atom. The lowest BCUT2D eigenvalue weighted by atomic mass is 9.97. The maximum absolute atomic E-state index is 5.88. The summed E-state index contributed by atoms with van der Waals surface area (Å²) in [5.74, 6) is 1.71. The zero-order valence-corrected chi connectivity index (χ0v) is 16.6. The summed E-state index contributed by atoms with van der Waals surface area (Å²) in [6, 6.07) is 18.4. The molecular weight excluding hydrogens is 336 g/mol. The van der Waals surface area contributed by atoms with Crippen molar-refractivity contribution in [2.75, 3.05) is 32.7 Å². The molecule has 0 bridgehead atoms. The lowest BCUT2D eigenvalue weighted by Crippen LogP contribution is -2.12. The third-order valence-corrected chi connectivity index (χ3v) is 4.44. The number of hydrogen-bond donors (Lipinski definition) is 0. The molecular formula is C23H26N2O2. The molecule has 140 valence electrons. The Morgan fingerprint density at radius 3 is 2.30 bits per heavy atom. The molecule has 0 aliphatic rings. The lowest BCUT2D eigenvalue weighted by Gasteiger charge is -2.22. The summed E-state index contributed by atoms with van der Waals surface area (Å²) in [6.45, 7) is 4.64. The predicted molar refractivity (Wildman–Crippen MR) is 112 cm³/mol.